The lowest BCUT2D eigenvalue weighted by molar-refractivity contribution is 0.414. The molecule has 0 amide bonds. The van der Waals surface area contributed by atoms with E-state index in [2.05, 4.69) is 0 Å². The summed E-state index contributed by atoms with van der Waals surface area (Å²) in [5.74, 6) is 1.09. The Kier molecular flexibility index (Phi) is 5.90. The number of sulfonamides is 1. The third-order valence-corrected chi connectivity index (χ3v) is 6.18. The highest BCUT2D eigenvalue weighted by molar-refractivity contribution is 7.92. The van der Waals surface area contributed by atoms with Gasteiger partial charge in [0.2, 0.25) is 0 Å². The van der Waals surface area contributed by atoms with E-state index in [0.717, 1.165) is 11.1 Å². The first kappa shape index (κ1) is 19.8. The summed E-state index contributed by atoms with van der Waals surface area (Å²) in [5.41, 5.74) is 2.45. The van der Waals surface area contributed by atoms with E-state index in [0.29, 0.717) is 17.2 Å². The molecule has 146 valence electrons. The molecule has 0 aliphatic heterocycles. The highest BCUT2D eigenvalue weighted by atomic mass is 32.2. The fourth-order valence-electron chi connectivity index (χ4n) is 2.99. The molecule has 0 aromatic heterocycles. The third kappa shape index (κ3) is 4.12. The van der Waals surface area contributed by atoms with Gasteiger partial charge in [0.25, 0.3) is 10.0 Å². The number of benzene rings is 3. The molecule has 6 heteroatoms. The van der Waals surface area contributed by atoms with Gasteiger partial charge in [-0.15, -0.1) is 0 Å². The molecule has 0 aliphatic carbocycles. The number of anilines is 1. The minimum Gasteiger partial charge on any atom is -0.497 e. The van der Waals surface area contributed by atoms with Crippen LogP contribution < -0.4 is 13.8 Å². The Morgan fingerprint density at radius 3 is 2.21 bits per heavy atom. The second kappa shape index (κ2) is 8.35. The monoisotopic (exact) mass is 397 g/mol. The second-order valence-corrected chi connectivity index (χ2v) is 8.21. The molecule has 3 aromatic rings. The van der Waals surface area contributed by atoms with Crippen LogP contribution in [0.2, 0.25) is 0 Å². The van der Waals surface area contributed by atoms with Crippen molar-refractivity contribution < 1.29 is 17.9 Å². The lowest BCUT2D eigenvalue weighted by atomic mass is 10.1. The van der Waals surface area contributed by atoms with E-state index in [1.807, 2.05) is 37.3 Å². The van der Waals surface area contributed by atoms with Crippen LogP contribution >= 0.6 is 0 Å². The van der Waals surface area contributed by atoms with Crippen LogP contribution in [-0.2, 0) is 16.6 Å². The molecule has 0 radical (unpaired) electrons. The average Bonchev–Trinajstić information content (AvgIpc) is 2.72. The van der Waals surface area contributed by atoms with E-state index in [1.54, 1.807) is 49.6 Å². The maximum atomic E-state index is 13.5. The first-order valence-electron chi connectivity index (χ1n) is 8.81. The molecule has 0 N–H and O–H groups in total. The van der Waals surface area contributed by atoms with Gasteiger partial charge in [-0.25, -0.2) is 8.42 Å². The second-order valence-electron chi connectivity index (χ2n) is 6.35. The van der Waals surface area contributed by atoms with Crippen molar-refractivity contribution in [2.24, 2.45) is 0 Å². The predicted octanol–water partition coefficient (Wildman–Crippen LogP) is 4.41. The van der Waals surface area contributed by atoms with E-state index in [-0.39, 0.29) is 11.4 Å². The van der Waals surface area contributed by atoms with Crippen molar-refractivity contribution in [3.05, 3.63) is 83.9 Å². The summed E-state index contributed by atoms with van der Waals surface area (Å²) in [6.07, 6.45) is 0. The van der Waals surface area contributed by atoms with Crippen LogP contribution in [0.3, 0.4) is 0 Å². The van der Waals surface area contributed by atoms with Gasteiger partial charge in [0.15, 0.2) is 0 Å². The summed E-state index contributed by atoms with van der Waals surface area (Å²) < 4.78 is 39.0. The Bertz CT molecular complexity index is 1050. The molecule has 0 aliphatic rings. The van der Waals surface area contributed by atoms with Crippen LogP contribution in [0.1, 0.15) is 11.1 Å². The van der Waals surface area contributed by atoms with Crippen molar-refractivity contribution in [1.82, 2.24) is 0 Å². The van der Waals surface area contributed by atoms with E-state index in [9.17, 15) is 8.42 Å². The van der Waals surface area contributed by atoms with Gasteiger partial charge >= 0.3 is 0 Å². The quantitative estimate of drug-likeness (QED) is 0.593. The highest BCUT2D eigenvalue weighted by Crippen LogP contribution is 2.34. The number of hydrogen-bond acceptors (Lipinski definition) is 4. The number of methoxy groups -OCH3 is 2. The molecule has 0 spiro atoms. The Labute approximate surface area is 166 Å². The zero-order valence-electron chi connectivity index (χ0n) is 16.1. The van der Waals surface area contributed by atoms with E-state index >= 15 is 0 Å². The summed E-state index contributed by atoms with van der Waals surface area (Å²) in [5, 5.41) is 0. The smallest absolute Gasteiger partial charge is 0.264 e. The maximum absolute atomic E-state index is 13.5. The zero-order valence-corrected chi connectivity index (χ0v) is 16.9. The first-order chi connectivity index (χ1) is 13.5. The van der Waals surface area contributed by atoms with Crippen molar-refractivity contribution >= 4 is 15.7 Å². The average molecular weight is 397 g/mol. The van der Waals surface area contributed by atoms with Crippen LogP contribution in [0, 0.1) is 6.92 Å². The number of aryl methyl sites for hydroxylation is 1. The summed E-state index contributed by atoms with van der Waals surface area (Å²) in [4.78, 5) is 0.187. The molecule has 0 atom stereocenters. The maximum Gasteiger partial charge on any atom is 0.264 e. The van der Waals surface area contributed by atoms with E-state index in [4.69, 9.17) is 9.47 Å². The van der Waals surface area contributed by atoms with Gasteiger partial charge in [-0.1, -0.05) is 42.0 Å². The van der Waals surface area contributed by atoms with Crippen molar-refractivity contribution in [3.63, 3.8) is 0 Å². The normalized spacial score (nSPS) is 11.1. The van der Waals surface area contributed by atoms with Gasteiger partial charge < -0.3 is 9.47 Å². The molecule has 0 bridgehead atoms. The molecule has 5 nitrogen and oxygen atoms in total. The van der Waals surface area contributed by atoms with E-state index < -0.39 is 10.0 Å². The molecule has 28 heavy (non-hydrogen) atoms. The molecule has 0 saturated carbocycles. The van der Waals surface area contributed by atoms with Gasteiger partial charge in [-0.2, -0.15) is 0 Å². The number of rotatable bonds is 7. The molecule has 3 aromatic carbocycles. The predicted molar refractivity (Wildman–Crippen MR) is 111 cm³/mol. The first-order valence-corrected chi connectivity index (χ1v) is 10.2. The molecular formula is C22H23NO4S. The molecule has 0 heterocycles. The van der Waals surface area contributed by atoms with Crippen LogP contribution in [0.25, 0.3) is 0 Å². The highest BCUT2D eigenvalue weighted by Gasteiger charge is 2.27. The number of hydrogen-bond donors (Lipinski definition) is 0. The number of ether oxygens (including phenoxy) is 2. The minimum atomic E-state index is -3.82. The summed E-state index contributed by atoms with van der Waals surface area (Å²) in [7, 11) is -0.750. The fraction of sp³-hybridized carbons (Fsp3) is 0.182. The largest absolute Gasteiger partial charge is 0.497 e. The van der Waals surface area contributed by atoms with Crippen molar-refractivity contribution in [3.8, 4) is 11.5 Å². The minimum absolute atomic E-state index is 0.187. The number of nitrogens with zero attached hydrogens (tertiary/aromatic N) is 1. The number of para-hydroxylation sites is 2. The standard InChI is InChI=1S/C22H23NO4S/c1-17-7-6-8-18(15-17)16-23(21-9-4-5-10-22(21)27-3)28(24,25)20-13-11-19(26-2)12-14-20/h4-15H,16H2,1-3H3. The van der Waals surface area contributed by atoms with Crippen LogP contribution in [0.4, 0.5) is 5.69 Å². The van der Waals surface area contributed by atoms with E-state index in [1.165, 1.54) is 11.4 Å². The molecule has 0 fully saturated rings. The van der Waals surface area contributed by atoms with Crippen molar-refractivity contribution in [2.45, 2.75) is 18.4 Å². The fourth-order valence-corrected chi connectivity index (χ4v) is 4.45. The SMILES string of the molecule is COc1ccc(S(=O)(=O)N(Cc2cccc(C)c2)c2ccccc2OC)cc1. The van der Waals surface area contributed by atoms with Crippen molar-refractivity contribution in [1.29, 1.82) is 0 Å². The zero-order chi connectivity index (χ0) is 20.1. The van der Waals surface area contributed by atoms with Gasteiger partial charge in [0, 0.05) is 0 Å². The molecule has 0 unspecified atom stereocenters. The molecule has 0 saturated heterocycles. The summed E-state index contributed by atoms with van der Waals surface area (Å²) in [6.45, 7) is 2.17. The van der Waals surface area contributed by atoms with Gasteiger partial charge in [0.05, 0.1) is 31.3 Å². The third-order valence-electron chi connectivity index (χ3n) is 4.41. The lowest BCUT2D eigenvalue weighted by Crippen LogP contribution is -2.31. The van der Waals surface area contributed by atoms with Gasteiger partial charge in [0.1, 0.15) is 11.5 Å². The summed E-state index contributed by atoms with van der Waals surface area (Å²) >= 11 is 0. The van der Waals surface area contributed by atoms with Crippen LogP contribution in [-0.4, -0.2) is 22.6 Å². The van der Waals surface area contributed by atoms with Crippen LogP contribution in [0.5, 0.6) is 11.5 Å². The Morgan fingerprint density at radius 1 is 0.857 bits per heavy atom. The topological polar surface area (TPSA) is 55.8 Å². The van der Waals surface area contributed by atoms with Gasteiger partial charge in [-0.3, -0.25) is 4.31 Å². The Morgan fingerprint density at radius 2 is 1.57 bits per heavy atom. The Balaban J connectivity index is 2.11. The Hall–Kier alpha value is -2.99. The van der Waals surface area contributed by atoms with Gasteiger partial charge in [-0.05, 0) is 48.9 Å². The molecule has 3 rings (SSSR count). The molecular weight excluding hydrogens is 374 g/mol. The van der Waals surface area contributed by atoms with Crippen LogP contribution in [0.15, 0.2) is 77.7 Å². The lowest BCUT2D eigenvalue weighted by Gasteiger charge is -2.26. The van der Waals surface area contributed by atoms with Crippen molar-refractivity contribution in [2.75, 3.05) is 18.5 Å². The summed E-state index contributed by atoms with van der Waals surface area (Å²) in [6, 6.07) is 21.3.